The summed E-state index contributed by atoms with van der Waals surface area (Å²) in [5.74, 6) is 1.48. The van der Waals surface area contributed by atoms with Crippen molar-refractivity contribution >= 4 is 5.91 Å². The second-order valence-electron chi connectivity index (χ2n) is 5.77. The van der Waals surface area contributed by atoms with Gasteiger partial charge in [-0.1, -0.05) is 27.2 Å². The zero-order chi connectivity index (χ0) is 12.8. The molecule has 3 heteroatoms. The Morgan fingerprint density at radius 1 is 1.41 bits per heavy atom. The van der Waals surface area contributed by atoms with Gasteiger partial charge in [0.2, 0.25) is 5.91 Å². The molecule has 0 aromatic heterocycles. The molecule has 1 N–H and O–H groups in total. The van der Waals surface area contributed by atoms with Crippen LogP contribution in [0.3, 0.4) is 0 Å². The third kappa shape index (κ3) is 4.66. The van der Waals surface area contributed by atoms with Crippen LogP contribution in [0, 0.1) is 11.8 Å². The average Bonchev–Trinajstić information content (AvgIpc) is 2.28. The molecule has 1 aliphatic rings. The largest absolute Gasteiger partial charge is 0.341 e. The zero-order valence-corrected chi connectivity index (χ0v) is 11.8. The van der Waals surface area contributed by atoms with Crippen molar-refractivity contribution in [2.45, 2.75) is 52.5 Å². The van der Waals surface area contributed by atoms with Crippen molar-refractivity contribution in [3.63, 3.8) is 0 Å². The SMILES string of the molecule is CCCC1CC(NC)CN(C(=O)CC(C)C)C1. The summed E-state index contributed by atoms with van der Waals surface area (Å²) in [6.07, 6.45) is 4.36. The molecule has 1 fully saturated rings. The standard InChI is InChI=1S/C14H28N2O/c1-5-6-12-8-13(15-4)10-16(9-12)14(17)7-11(2)3/h11-13,15H,5-10H2,1-4H3. The van der Waals surface area contributed by atoms with E-state index in [1.54, 1.807) is 0 Å². The number of carbonyl (C=O) groups is 1. The van der Waals surface area contributed by atoms with Crippen LogP contribution in [0.2, 0.25) is 0 Å². The number of amides is 1. The van der Waals surface area contributed by atoms with Crippen molar-refractivity contribution in [2.24, 2.45) is 11.8 Å². The first-order valence-corrected chi connectivity index (χ1v) is 7.01. The first-order valence-electron chi connectivity index (χ1n) is 7.01. The first-order chi connectivity index (χ1) is 8.06. The zero-order valence-electron chi connectivity index (χ0n) is 11.8. The van der Waals surface area contributed by atoms with Gasteiger partial charge < -0.3 is 10.2 Å². The quantitative estimate of drug-likeness (QED) is 0.799. The Hall–Kier alpha value is -0.570. The van der Waals surface area contributed by atoms with E-state index in [1.807, 2.05) is 7.05 Å². The van der Waals surface area contributed by atoms with Gasteiger partial charge in [-0.3, -0.25) is 4.79 Å². The Balaban J connectivity index is 2.55. The van der Waals surface area contributed by atoms with Crippen LogP contribution in [-0.4, -0.2) is 37.0 Å². The van der Waals surface area contributed by atoms with Crippen LogP contribution in [0.4, 0.5) is 0 Å². The van der Waals surface area contributed by atoms with E-state index in [-0.39, 0.29) is 0 Å². The van der Waals surface area contributed by atoms with Crippen LogP contribution in [0.1, 0.15) is 46.5 Å². The maximum absolute atomic E-state index is 12.1. The number of nitrogens with one attached hydrogen (secondary N) is 1. The highest BCUT2D eigenvalue weighted by Gasteiger charge is 2.28. The number of carbonyl (C=O) groups excluding carboxylic acids is 1. The van der Waals surface area contributed by atoms with Gasteiger partial charge in [-0.15, -0.1) is 0 Å². The number of likely N-dealkylation sites (N-methyl/N-ethyl adjacent to an activating group) is 1. The molecule has 100 valence electrons. The molecule has 0 aromatic rings. The predicted molar refractivity (Wildman–Crippen MR) is 71.9 cm³/mol. The Kier molecular flexibility index (Phi) is 5.96. The maximum atomic E-state index is 12.1. The molecule has 0 spiro atoms. The summed E-state index contributed by atoms with van der Waals surface area (Å²) in [7, 11) is 2.00. The molecule has 3 nitrogen and oxygen atoms in total. The summed E-state index contributed by atoms with van der Waals surface area (Å²) in [6.45, 7) is 8.31. The highest BCUT2D eigenvalue weighted by molar-refractivity contribution is 5.76. The predicted octanol–water partition coefficient (Wildman–Crippen LogP) is 2.27. The van der Waals surface area contributed by atoms with Gasteiger partial charge in [0.1, 0.15) is 0 Å². The molecule has 0 aromatic carbocycles. The third-order valence-corrected chi connectivity index (χ3v) is 3.58. The van der Waals surface area contributed by atoms with E-state index < -0.39 is 0 Å². The molecular weight excluding hydrogens is 212 g/mol. The smallest absolute Gasteiger partial charge is 0.222 e. The number of nitrogens with zero attached hydrogens (tertiary/aromatic N) is 1. The molecule has 1 amide bonds. The Morgan fingerprint density at radius 2 is 2.12 bits per heavy atom. The summed E-state index contributed by atoms with van der Waals surface area (Å²) < 4.78 is 0. The minimum Gasteiger partial charge on any atom is -0.341 e. The second-order valence-corrected chi connectivity index (χ2v) is 5.77. The number of hydrogen-bond acceptors (Lipinski definition) is 2. The molecule has 2 unspecified atom stereocenters. The van der Waals surface area contributed by atoms with E-state index in [0.29, 0.717) is 30.2 Å². The highest BCUT2D eigenvalue weighted by Crippen LogP contribution is 2.22. The average molecular weight is 240 g/mol. The summed E-state index contributed by atoms with van der Waals surface area (Å²) in [5.41, 5.74) is 0. The third-order valence-electron chi connectivity index (χ3n) is 3.58. The van der Waals surface area contributed by atoms with Crippen molar-refractivity contribution < 1.29 is 4.79 Å². The van der Waals surface area contributed by atoms with Crippen molar-refractivity contribution in [3.8, 4) is 0 Å². The van der Waals surface area contributed by atoms with E-state index in [9.17, 15) is 4.79 Å². The van der Waals surface area contributed by atoms with Gasteiger partial charge in [0.05, 0.1) is 0 Å². The Morgan fingerprint density at radius 3 is 2.65 bits per heavy atom. The van der Waals surface area contributed by atoms with E-state index in [1.165, 1.54) is 19.3 Å². The number of rotatable bonds is 5. The monoisotopic (exact) mass is 240 g/mol. The molecule has 0 aliphatic carbocycles. The lowest BCUT2D eigenvalue weighted by molar-refractivity contribution is -0.134. The Labute approximate surface area is 106 Å². The molecule has 1 aliphatic heterocycles. The summed E-state index contributed by atoms with van der Waals surface area (Å²) in [5, 5.41) is 3.34. The van der Waals surface area contributed by atoms with Gasteiger partial charge in [-0.05, 0) is 31.7 Å². The lowest BCUT2D eigenvalue weighted by Crippen LogP contribution is -2.50. The van der Waals surface area contributed by atoms with Crippen LogP contribution in [0.5, 0.6) is 0 Å². The van der Waals surface area contributed by atoms with Crippen LogP contribution < -0.4 is 5.32 Å². The second kappa shape index (κ2) is 7.00. The van der Waals surface area contributed by atoms with E-state index in [2.05, 4.69) is 31.0 Å². The molecule has 1 rings (SSSR count). The van der Waals surface area contributed by atoms with Gasteiger partial charge in [-0.2, -0.15) is 0 Å². The van der Waals surface area contributed by atoms with E-state index in [0.717, 1.165) is 13.1 Å². The van der Waals surface area contributed by atoms with Gasteiger partial charge in [0.25, 0.3) is 0 Å². The summed E-state index contributed by atoms with van der Waals surface area (Å²) in [4.78, 5) is 14.2. The van der Waals surface area contributed by atoms with Crippen LogP contribution in [-0.2, 0) is 4.79 Å². The first kappa shape index (κ1) is 14.5. The topological polar surface area (TPSA) is 32.3 Å². The van der Waals surface area contributed by atoms with E-state index >= 15 is 0 Å². The lowest BCUT2D eigenvalue weighted by atomic mass is 9.90. The van der Waals surface area contributed by atoms with Crippen molar-refractivity contribution in [1.82, 2.24) is 10.2 Å². The molecule has 0 bridgehead atoms. The summed E-state index contributed by atoms with van der Waals surface area (Å²) in [6, 6.07) is 0.483. The Bertz CT molecular complexity index is 240. The van der Waals surface area contributed by atoms with E-state index in [4.69, 9.17) is 0 Å². The molecule has 0 radical (unpaired) electrons. The van der Waals surface area contributed by atoms with Crippen LogP contribution >= 0.6 is 0 Å². The molecule has 1 heterocycles. The highest BCUT2D eigenvalue weighted by atomic mass is 16.2. The van der Waals surface area contributed by atoms with Crippen molar-refractivity contribution in [1.29, 1.82) is 0 Å². The fraction of sp³-hybridized carbons (Fsp3) is 0.929. The minimum absolute atomic E-state index is 0.334. The van der Waals surface area contributed by atoms with Gasteiger partial charge in [0, 0.05) is 25.6 Å². The molecular formula is C14H28N2O. The number of hydrogen-bond donors (Lipinski definition) is 1. The normalized spacial score (nSPS) is 25.4. The van der Waals surface area contributed by atoms with Gasteiger partial charge in [0.15, 0.2) is 0 Å². The fourth-order valence-electron chi connectivity index (χ4n) is 2.71. The number of likely N-dealkylation sites (tertiary alicyclic amines) is 1. The van der Waals surface area contributed by atoms with Crippen molar-refractivity contribution in [3.05, 3.63) is 0 Å². The molecule has 1 saturated heterocycles. The van der Waals surface area contributed by atoms with Crippen molar-refractivity contribution in [2.75, 3.05) is 20.1 Å². The van der Waals surface area contributed by atoms with Crippen LogP contribution in [0.25, 0.3) is 0 Å². The molecule has 17 heavy (non-hydrogen) atoms. The van der Waals surface area contributed by atoms with Gasteiger partial charge in [-0.25, -0.2) is 0 Å². The lowest BCUT2D eigenvalue weighted by Gasteiger charge is -2.38. The van der Waals surface area contributed by atoms with Gasteiger partial charge >= 0.3 is 0 Å². The van der Waals surface area contributed by atoms with Crippen LogP contribution in [0.15, 0.2) is 0 Å². The summed E-state index contributed by atoms with van der Waals surface area (Å²) >= 11 is 0. The molecule has 2 atom stereocenters. The fourth-order valence-corrected chi connectivity index (χ4v) is 2.71. The maximum Gasteiger partial charge on any atom is 0.222 e. The molecule has 0 saturated carbocycles. The minimum atomic E-state index is 0.334. The number of piperidine rings is 1.